The number of rotatable bonds is 13. The number of hydrogen-bond acceptors (Lipinski definition) is 8. The zero-order chi connectivity index (χ0) is 18.5. The molecule has 0 radical (unpaired) electrons. The number of esters is 1. The number of benzene rings is 1. The highest BCUT2D eigenvalue weighted by atomic mass is 16.9. The van der Waals surface area contributed by atoms with Gasteiger partial charge < -0.3 is 20.0 Å². The van der Waals surface area contributed by atoms with Crippen LogP contribution in [0.2, 0.25) is 0 Å². The summed E-state index contributed by atoms with van der Waals surface area (Å²) in [5, 5.41) is 9.22. The van der Waals surface area contributed by atoms with Crippen molar-refractivity contribution in [1.29, 1.82) is 0 Å². The Balaban J connectivity index is 2.43. The van der Waals surface area contributed by atoms with Crippen LogP contribution in [0, 0.1) is 10.1 Å². The second-order valence-corrected chi connectivity index (χ2v) is 5.27. The van der Waals surface area contributed by atoms with Crippen LogP contribution in [0.15, 0.2) is 24.3 Å². The molecule has 1 aromatic carbocycles. The zero-order valence-corrected chi connectivity index (χ0v) is 13.8. The second-order valence-electron chi connectivity index (χ2n) is 5.27. The van der Waals surface area contributed by atoms with Gasteiger partial charge in [-0.15, -0.1) is 10.1 Å². The number of hydrogen-bond donors (Lipinski definition) is 1. The minimum atomic E-state index is -0.846. The van der Waals surface area contributed by atoms with Crippen LogP contribution < -0.4 is 10.5 Å². The zero-order valence-electron chi connectivity index (χ0n) is 13.8. The fourth-order valence-corrected chi connectivity index (χ4v) is 2.13. The van der Waals surface area contributed by atoms with Gasteiger partial charge in [-0.05, 0) is 49.9 Å². The Morgan fingerprint density at radius 2 is 2.00 bits per heavy atom. The van der Waals surface area contributed by atoms with Gasteiger partial charge in [0.25, 0.3) is 11.6 Å². The molecule has 1 atom stereocenters. The van der Waals surface area contributed by atoms with Crippen LogP contribution in [0.3, 0.4) is 0 Å². The number of carbonyl (C=O) groups excluding carboxylic acids is 2. The fourth-order valence-electron chi connectivity index (χ4n) is 2.13. The molecule has 138 valence electrons. The lowest BCUT2D eigenvalue weighted by atomic mass is 10.1. The van der Waals surface area contributed by atoms with Gasteiger partial charge in [0.15, 0.2) is 0 Å². The molecule has 0 amide bonds. The summed E-state index contributed by atoms with van der Waals surface area (Å²) in [5.74, 6) is -0.167. The van der Waals surface area contributed by atoms with Crippen molar-refractivity contribution in [2.24, 2.45) is 5.73 Å². The topological polar surface area (TPSA) is 131 Å². The standard InChI is InChI=1S/C16H22N2O7/c17-9-2-1-3-15(23-12-19)11-16(20)25-14-6-4-13(5-7-14)8-10-24-18(21)22/h4-7,12,15H,1-3,8-11,17H2. The normalized spacial score (nSPS) is 11.4. The van der Waals surface area contributed by atoms with E-state index in [0.717, 1.165) is 18.4 Å². The molecule has 1 rings (SSSR count). The summed E-state index contributed by atoms with van der Waals surface area (Å²) in [5.41, 5.74) is 6.22. The molecule has 0 spiro atoms. The highest BCUT2D eigenvalue weighted by Crippen LogP contribution is 2.15. The van der Waals surface area contributed by atoms with Crippen molar-refractivity contribution in [1.82, 2.24) is 0 Å². The van der Waals surface area contributed by atoms with Crippen LogP contribution in [0.4, 0.5) is 0 Å². The molecule has 2 N–H and O–H groups in total. The van der Waals surface area contributed by atoms with Crippen LogP contribution in [0.1, 0.15) is 31.2 Å². The summed E-state index contributed by atoms with van der Waals surface area (Å²) in [4.78, 5) is 36.7. The van der Waals surface area contributed by atoms with Gasteiger partial charge in [0.05, 0.1) is 6.42 Å². The lowest BCUT2D eigenvalue weighted by Gasteiger charge is -2.14. The van der Waals surface area contributed by atoms with Crippen molar-refractivity contribution in [3.63, 3.8) is 0 Å². The number of ether oxygens (including phenoxy) is 2. The molecular formula is C16H22N2O7. The van der Waals surface area contributed by atoms with Crippen molar-refractivity contribution < 1.29 is 29.0 Å². The monoisotopic (exact) mass is 354 g/mol. The van der Waals surface area contributed by atoms with Gasteiger partial charge in [0.2, 0.25) is 0 Å². The summed E-state index contributed by atoms with van der Waals surface area (Å²) < 4.78 is 10.1. The quantitative estimate of drug-likeness (QED) is 0.140. The van der Waals surface area contributed by atoms with Gasteiger partial charge >= 0.3 is 5.97 Å². The Morgan fingerprint density at radius 3 is 2.60 bits per heavy atom. The van der Waals surface area contributed by atoms with Crippen LogP contribution in [0.25, 0.3) is 0 Å². The fraction of sp³-hybridized carbons (Fsp3) is 0.500. The van der Waals surface area contributed by atoms with Crippen molar-refractivity contribution >= 4 is 12.4 Å². The largest absolute Gasteiger partial charge is 0.464 e. The first kappa shape index (κ1) is 20.4. The average Bonchev–Trinajstić information content (AvgIpc) is 2.56. The van der Waals surface area contributed by atoms with Crippen LogP contribution in [-0.4, -0.2) is 36.8 Å². The molecule has 0 aliphatic rings. The molecule has 0 saturated heterocycles. The lowest BCUT2D eigenvalue weighted by Crippen LogP contribution is -2.21. The maximum Gasteiger partial charge on any atom is 0.314 e. The summed E-state index contributed by atoms with van der Waals surface area (Å²) in [6.07, 6.45) is 1.88. The van der Waals surface area contributed by atoms with E-state index < -0.39 is 17.2 Å². The van der Waals surface area contributed by atoms with E-state index in [2.05, 4.69) is 4.84 Å². The predicted molar refractivity (Wildman–Crippen MR) is 87.2 cm³/mol. The van der Waals surface area contributed by atoms with Crippen LogP contribution in [-0.2, 0) is 25.6 Å². The first-order chi connectivity index (χ1) is 12.0. The molecule has 0 aromatic heterocycles. The third-order valence-corrected chi connectivity index (χ3v) is 3.37. The van der Waals surface area contributed by atoms with Gasteiger partial charge in [-0.3, -0.25) is 9.59 Å². The van der Waals surface area contributed by atoms with E-state index in [4.69, 9.17) is 15.2 Å². The minimum Gasteiger partial charge on any atom is -0.464 e. The summed E-state index contributed by atoms with van der Waals surface area (Å²) >= 11 is 0. The molecule has 0 saturated carbocycles. The Kier molecular flexibility index (Phi) is 9.61. The van der Waals surface area contributed by atoms with E-state index in [0.29, 0.717) is 31.6 Å². The van der Waals surface area contributed by atoms with E-state index >= 15 is 0 Å². The van der Waals surface area contributed by atoms with Gasteiger partial charge in [0.1, 0.15) is 18.5 Å². The van der Waals surface area contributed by atoms with Crippen LogP contribution >= 0.6 is 0 Å². The predicted octanol–water partition coefficient (Wildman–Crippen LogP) is 1.40. The SMILES string of the molecule is NCCCCC(CC(=O)Oc1ccc(CCO[N+](=O)[O-])cc1)OC=O. The van der Waals surface area contributed by atoms with Crippen molar-refractivity contribution in [2.45, 2.75) is 38.2 Å². The Labute approximate surface area is 145 Å². The highest BCUT2D eigenvalue weighted by molar-refractivity contribution is 5.73. The molecule has 0 bridgehead atoms. The molecular weight excluding hydrogens is 332 g/mol. The maximum absolute atomic E-state index is 11.9. The van der Waals surface area contributed by atoms with E-state index in [1.54, 1.807) is 24.3 Å². The average molecular weight is 354 g/mol. The summed E-state index contributed by atoms with van der Waals surface area (Å²) in [6, 6.07) is 6.55. The molecule has 9 nitrogen and oxygen atoms in total. The smallest absolute Gasteiger partial charge is 0.314 e. The van der Waals surface area contributed by atoms with E-state index in [9.17, 15) is 19.7 Å². The Hall–Kier alpha value is -2.68. The number of unbranched alkanes of at least 4 members (excludes halogenated alkanes) is 1. The number of carbonyl (C=O) groups is 2. The van der Waals surface area contributed by atoms with Gasteiger partial charge in [0, 0.05) is 0 Å². The van der Waals surface area contributed by atoms with Gasteiger partial charge in [-0.1, -0.05) is 12.1 Å². The van der Waals surface area contributed by atoms with E-state index in [1.807, 2.05) is 0 Å². The van der Waals surface area contributed by atoms with E-state index in [1.165, 1.54) is 0 Å². The highest BCUT2D eigenvalue weighted by Gasteiger charge is 2.16. The first-order valence-electron chi connectivity index (χ1n) is 7.91. The van der Waals surface area contributed by atoms with Crippen LogP contribution in [0.5, 0.6) is 5.75 Å². The third kappa shape index (κ3) is 9.26. The second kappa shape index (κ2) is 11.8. The molecule has 1 aromatic rings. The van der Waals surface area contributed by atoms with Crippen molar-refractivity contribution in [2.75, 3.05) is 13.2 Å². The lowest BCUT2D eigenvalue weighted by molar-refractivity contribution is -0.757. The Bertz CT molecular complexity index is 548. The molecule has 1 unspecified atom stereocenters. The minimum absolute atomic E-state index is 0.0399. The summed E-state index contributed by atoms with van der Waals surface area (Å²) in [6.45, 7) is 0.819. The van der Waals surface area contributed by atoms with Crippen molar-refractivity contribution in [3.05, 3.63) is 39.9 Å². The third-order valence-electron chi connectivity index (χ3n) is 3.37. The van der Waals surface area contributed by atoms with Crippen molar-refractivity contribution in [3.8, 4) is 5.75 Å². The van der Waals surface area contributed by atoms with Gasteiger partial charge in [-0.2, -0.15) is 0 Å². The van der Waals surface area contributed by atoms with Gasteiger partial charge in [-0.25, -0.2) is 0 Å². The number of nitrogens with two attached hydrogens (primary N) is 1. The molecule has 0 aliphatic carbocycles. The summed E-state index contributed by atoms with van der Waals surface area (Å²) in [7, 11) is 0. The van der Waals surface area contributed by atoms with E-state index in [-0.39, 0.29) is 13.0 Å². The molecule has 0 heterocycles. The maximum atomic E-state index is 11.9. The Morgan fingerprint density at radius 1 is 1.28 bits per heavy atom. The molecule has 0 aliphatic heterocycles. The first-order valence-corrected chi connectivity index (χ1v) is 7.91. The molecule has 9 heteroatoms. The number of nitrogens with zero attached hydrogens (tertiary/aromatic N) is 1. The molecule has 0 fully saturated rings. The molecule has 25 heavy (non-hydrogen) atoms.